The molecule has 0 aliphatic rings. The molecule has 9 aromatic carbocycles. The van der Waals surface area contributed by atoms with E-state index in [9.17, 15) is 15.8 Å². The summed E-state index contributed by atoms with van der Waals surface area (Å²) >= 11 is 0. The fourth-order valence-corrected chi connectivity index (χ4v) is 9.84. The van der Waals surface area contributed by atoms with Gasteiger partial charge >= 0.3 is 0 Å². The van der Waals surface area contributed by atoms with E-state index in [-0.39, 0.29) is 0 Å². The summed E-state index contributed by atoms with van der Waals surface area (Å²) in [5.41, 5.74) is 14.1. The molecule has 12 aromatic rings. The molecule has 290 valence electrons. The SMILES string of the molecule is N#Cc1ccccc1-c1cc(-c2ccc(C#N)c(-n3c4ccccc4c4c(C#N)cccc43)c2)cc(-n2c3ccccc3c3cc(-n4c5ccccc5c5ccccc54)ccc32)c1. The number of hydrogen-bond donors (Lipinski definition) is 0. The van der Waals surface area contributed by atoms with E-state index in [0.717, 1.165) is 94.0 Å². The van der Waals surface area contributed by atoms with Gasteiger partial charge in [-0.3, -0.25) is 0 Å². The number of hydrogen-bond acceptors (Lipinski definition) is 3. The van der Waals surface area contributed by atoms with Gasteiger partial charge in [0.05, 0.1) is 67.6 Å². The van der Waals surface area contributed by atoms with Gasteiger partial charge in [0.15, 0.2) is 0 Å². The maximum atomic E-state index is 10.6. The summed E-state index contributed by atoms with van der Waals surface area (Å²) in [5.74, 6) is 0. The molecule has 0 fully saturated rings. The standard InChI is InChI=1S/C57H32N6/c58-33-37-12-1-2-14-44(37)41-28-40(36-24-25-38(34-59)56(31-36)63-53-22-10-6-18-48(53)57-39(35-60)13-11-23-55(57)63)29-43(30-41)62-52-21-9-5-17-47(52)49-32-42(26-27-54(49)62)61-50-19-7-3-15-45(50)46-16-4-8-20-51(46)61/h1-32H. The van der Waals surface area contributed by atoms with Crippen molar-refractivity contribution in [1.29, 1.82) is 15.8 Å². The lowest BCUT2D eigenvalue weighted by Gasteiger charge is -2.16. The molecule has 12 rings (SSSR count). The second kappa shape index (κ2) is 14.0. The Morgan fingerprint density at radius 3 is 1.51 bits per heavy atom. The minimum Gasteiger partial charge on any atom is -0.309 e. The predicted octanol–water partition coefficient (Wildman–Crippen LogP) is 13.9. The minimum atomic E-state index is 0.511. The number of aromatic nitrogens is 3. The average Bonchev–Trinajstić information content (AvgIpc) is 3.99. The Bertz CT molecular complexity index is 3970. The van der Waals surface area contributed by atoms with E-state index in [2.05, 4.69) is 147 Å². The summed E-state index contributed by atoms with van der Waals surface area (Å²) in [6, 6.07) is 73.7. The first kappa shape index (κ1) is 35.8. The number of fused-ring (bicyclic) bond motifs is 9. The maximum absolute atomic E-state index is 10.6. The predicted molar refractivity (Wildman–Crippen MR) is 254 cm³/mol. The number of nitriles is 3. The second-order valence-electron chi connectivity index (χ2n) is 15.9. The first-order valence-corrected chi connectivity index (χ1v) is 20.8. The van der Waals surface area contributed by atoms with E-state index in [1.54, 1.807) is 0 Å². The van der Waals surface area contributed by atoms with Crippen LogP contribution in [-0.4, -0.2) is 13.7 Å². The zero-order valence-corrected chi connectivity index (χ0v) is 33.7. The van der Waals surface area contributed by atoms with Crippen LogP contribution in [0.15, 0.2) is 194 Å². The van der Waals surface area contributed by atoms with Crippen LogP contribution in [0.5, 0.6) is 0 Å². The van der Waals surface area contributed by atoms with Crippen molar-refractivity contribution in [2.45, 2.75) is 0 Å². The lowest BCUT2D eigenvalue weighted by atomic mass is 9.94. The van der Waals surface area contributed by atoms with Gasteiger partial charge in [-0.1, -0.05) is 103 Å². The molecular formula is C57H32N6. The first-order chi connectivity index (χ1) is 31.1. The minimum absolute atomic E-state index is 0.511. The quantitative estimate of drug-likeness (QED) is 0.174. The van der Waals surface area contributed by atoms with Crippen molar-refractivity contribution in [3.63, 3.8) is 0 Å². The van der Waals surface area contributed by atoms with E-state index < -0.39 is 0 Å². The third-order valence-corrected chi connectivity index (χ3v) is 12.5. The topological polar surface area (TPSA) is 86.2 Å². The molecule has 0 amide bonds. The molecular weight excluding hydrogens is 769 g/mol. The molecule has 0 aliphatic carbocycles. The van der Waals surface area contributed by atoms with Crippen LogP contribution in [0.1, 0.15) is 16.7 Å². The third kappa shape index (κ3) is 5.35. The molecule has 0 aliphatic heterocycles. The molecule has 3 heterocycles. The highest BCUT2D eigenvalue weighted by atomic mass is 15.0. The van der Waals surface area contributed by atoms with E-state index in [4.69, 9.17) is 0 Å². The summed E-state index contributed by atoms with van der Waals surface area (Å²) in [6.45, 7) is 0. The molecule has 0 saturated carbocycles. The number of rotatable bonds is 5. The van der Waals surface area contributed by atoms with Crippen LogP contribution in [0.2, 0.25) is 0 Å². The van der Waals surface area contributed by atoms with Crippen LogP contribution in [0, 0.1) is 34.0 Å². The summed E-state index contributed by atoms with van der Waals surface area (Å²) in [6.07, 6.45) is 0. The average molecular weight is 801 g/mol. The zero-order valence-electron chi connectivity index (χ0n) is 33.7. The van der Waals surface area contributed by atoms with E-state index in [1.807, 2.05) is 78.9 Å². The van der Waals surface area contributed by atoms with Crippen LogP contribution in [0.4, 0.5) is 0 Å². The van der Waals surface area contributed by atoms with Crippen LogP contribution in [0.3, 0.4) is 0 Å². The molecule has 3 aromatic heterocycles. The molecule has 0 radical (unpaired) electrons. The number of para-hydroxylation sites is 4. The molecule has 0 unspecified atom stereocenters. The summed E-state index contributed by atoms with van der Waals surface area (Å²) in [4.78, 5) is 0. The molecule has 0 saturated heterocycles. The Morgan fingerprint density at radius 2 is 0.825 bits per heavy atom. The van der Waals surface area contributed by atoms with E-state index >= 15 is 0 Å². The van der Waals surface area contributed by atoms with Crippen molar-refractivity contribution in [3.05, 3.63) is 211 Å². The number of benzene rings is 9. The van der Waals surface area contributed by atoms with Crippen molar-refractivity contribution in [2.24, 2.45) is 0 Å². The molecule has 0 spiro atoms. The molecule has 6 nitrogen and oxygen atoms in total. The van der Waals surface area contributed by atoms with Crippen LogP contribution < -0.4 is 0 Å². The largest absolute Gasteiger partial charge is 0.309 e. The Labute approximate surface area is 361 Å². The van der Waals surface area contributed by atoms with Gasteiger partial charge in [0.2, 0.25) is 0 Å². The van der Waals surface area contributed by atoms with Crippen molar-refractivity contribution in [2.75, 3.05) is 0 Å². The van der Waals surface area contributed by atoms with Gasteiger partial charge in [0, 0.05) is 43.7 Å². The fourth-order valence-electron chi connectivity index (χ4n) is 9.84. The van der Waals surface area contributed by atoms with Gasteiger partial charge in [0.25, 0.3) is 0 Å². The van der Waals surface area contributed by atoms with Gasteiger partial charge in [-0.15, -0.1) is 0 Å². The Morgan fingerprint density at radius 1 is 0.302 bits per heavy atom. The Balaban J connectivity index is 1.11. The molecule has 6 heteroatoms. The van der Waals surface area contributed by atoms with Gasteiger partial charge in [-0.2, -0.15) is 15.8 Å². The molecule has 63 heavy (non-hydrogen) atoms. The molecule has 0 bridgehead atoms. The smallest absolute Gasteiger partial charge is 0.101 e. The van der Waals surface area contributed by atoms with Crippen LogP contribution in [0.25, 0.3) is 105 Å². The highest BCUT2D eigenvalue weighted by Gasteiger charge is 2.21. The lowest BCUT2D eigenvalue weighted by molar-refractivity contribution is 1.16. The normalized spacial score (nSPS) is 11.4. The van der Waals surface area contributed by atoms with Crippen molar-refractivity contribution in [3.8, 4) is 57.5 Å². The van der Waals surface area contributed by atoms with Crippen molar-refractivity contribution < 1.29 is 0 Å². The fraction of sp³-hybridized carbons (Fsp3) is 0. The van der Waals surface area contributed by atoms with Gasteiger partial charge in [-0.05, 0) is 113 Å². The monoisotopic (exact) mass is 800 g/mol. The van der Waals surface area contributed by atoms with Crippen LogP contribution >= 0.6 is 0 Å². The van der Waals surface area contributed by atoms with Gasteiger partial charge in [0.1, 0.15) is 6.07 Å². The highest BCUT2D eigenvalue weighted by molar-refractivity contribution is 6.13. The first-order valence-electron chi connectivity index (χ1n) is 20.8. The second-order valence-corrected chi connectivity index (χ2v) is 15.9. The van der Waals surface area contributed by atoms with E-state index in [1.165, 1.54) is 10.8 Å². The molecule has 0 atom stereocenters. The third-order valence-electron chi connectivity index (χ3n) is 12.5. The highest BCUT2D eigenvalue weighted by Crippen LogP contribution is 2.41. The van der Waals surface area contributed by atoms with Crippen molar-refractivity contribution in [1.82, 2.24) is 13.7 Å². The van der Waals surface area contributed by atoms with Gasteiger partial charge in [-0.25, -0.2) is 0 Å². The lowest BCUT2D eigenvalue weighted by Crippen LogP contribution is -2.00. The molecule has 0 N–H and O–H groups in total. The summed E-state index contributed by atoms with van der Waals surface area (Å²) in [5, 5.41) is 37.6. The van der Waals surface area contributed by atoms with Gasteiger partial charge < -0.3 is 13.7 Å². The van der Waals surface area contributed by atoms with Crippen LogP contribution in [-0.2, 0) is 0 Å². The number of nitrogens with zero attached hydrogens (tertiary/aromatic N) is 6. The Hall–Kier alpha value is -9.15. The summed E-state index contributed by atoms with van der Waals surface area (Å²) < 4.78 is 6.78. The Kier molecular flexibility index (Phi) is 7.93. The zero-order chi connectivity index (χ0) is 42.2. The van der Waals surface area contributed by atoms with Crippen molar-refractivity contribution >= 4 is 65.4 Å². The van der Waals surface area contributed by atoms with E-state index in [0.29, 0.717) is 16.7 Å². The summed E-state index contributed by atoms with van der Waals surface area (Å²) in [7, 11) is 0. The maximum Gasteiger partial charge on any atom is 0.101 e.